The van der Waals surface area contributed by atoms with Gasteiger partial charge in [-0.25, -0.2) is 4.79 Å². The van der Waals surface area contributed by atoms with Crippen molar-refractivity contribution in [3.63, 3.8) is 0 Å². The third-order valence-electron chi connectivity index (χ3n) is 2.98. The Morgan fingerprint density at radius 2 is 1.88 bits per heavy atom. The SMILES string of the molecule is CCc1ccc([C@](N)(CC)C(=O)OC)cc1. The third-order valence-corrected chi connectivity index (χ3v) is 2.98. The van der Waals surface area contributed by atoms with E-state index in [1.54, 1.807) is 0 Å². The predicted octanol–water partition coefficient (Wildman–Crippen LogP) is 1.99. The number of methoxy groups -OCH3 is 1. The Kier molecular flexibility index (Phi) is 4.07. The average Bonchev–Trinajstić information content (AvgIpc) is 2.36. The van der Waals surface area contributed by atoms with Crippen molar-refractivity contribution in [2.75, 3.05) is 7.11 Å². The molecule has 0 spiro atoms. The lowest BCUT2D eigenvalue weighted by atomic mass is 9.88. The number of carbonyl (C=O) groups excluding carboxylic acids is 1. The van der Waals surface area contributed by atoms with Crippen LogP contribution in [0.3, 0.4) is 0 Å². The summed E-state index contributed by atoms with van der Waals surface area (Å²) < 4.78 is 4.75. The second kappa shape index (κ2) is 5.12. The fourth-order valence-corrected chi connectivity index (χ4v) is 1.69. The van der Waals surface area contributed by atoms with Gasteiger partial charge in [0.2, 0.25) is 0 Å². The number of rotatable bonds is 4. The van der Waals surface area contributed by atoms with Crippen molar-refractivity contribution in [2.45, 2.75) is 32.2 Å². The van der Waals surface area contributed by atoms with E-state index in [1.807, 2.05) is 31.2 Å². The monoisotopic (exact) mass is 221 g/mol. The van der Waals surface area contributed by atoms with Crippen LogP contribution in [0.2, 0.25) is 0 Å². The quantitative estimate of drug-likeness (QED) is 0.791. The summed E-state index contributed by atoms with van der Waals surface area (Å²) in [4.78, 5) is 11.7. The van der Waals surface area contributed by atoms with Gasteiger partial charge in [0.05, 0.1) is 7.11 Å². The van der Waals surface area contributed by atoms with E-state index in [0.717, 1.165) is 12.0 Å². The highest BCUT2D eigenvalue weighted by atomic mass is 16.5. The molecule has 0 aliphatic heterocycles. The summed E-state index contributed by atoms with van der Waals surface area (Å²) in [6.07, 6.45) is 1.49. The van der Waals surface area contributed by atoms with Crippen LogP contribution in [0.5, 0.6) is 0 Å². The molecule has 16 heavy (non-hydrogen) atoms. The zero-order valence-corrected chi connectivity index (χ0v) is 10.1. The molecule has 0 saturated carbocycles. The van der Waals surface area contributed by atoms with Gasteiger partial charge in [0, 0.05) is 0 Å². The van der Waals surface area contributed by atoms with Crippen LogP contribution in [-0.4, -0.2) is 13.1 Å². The fraction of sp³-hybridized carbons (Fsp3) is 0.462. The van der Waals surface area contributed by atoms with Crippen molar-refractivity contribution in [1.29, 1.82) is 0 Å². The maximum atomic E-state index is 11.7. The van der Waals surface area contributed by atoms with Crippen LogP contribution < -0.4 is 5.73 Å². The van der Waals surface area contributed by atoms with Gasteiger partial charge in [0.25, 0.3) is 0 Å². The van der Waals surface area contributed by atoms with Crippen molar-refractivity contribution >= 4 is 5.97 Å². The van der Waals surface area contributed by atoms with Gasteiger partial charge in [0.1, 0.15) is 5.54 Å². The Bertz CT molecular complexity index is 359. The van der Waals surface area contributed by atoms with E-state index in [-0.39, 0.29) is 5.97 Å². The lowest BCUT2D eigenvalue weighted by molar-refractivity contribution is -0.147. The zero-order chi connectivity index (χ0) is 12.2. The molecule has 1 aromatic carbocycles. The minimum Gasteiger partial charge on any atom is -0.467 e. The molecule has 1 rings (SSSR count). The normalized spacial score (nSPS) is 14.2. The molecule has 88 valence electrons. The summed E-state index contributed by atoms with van der Waals surface area (Å²) in [5, 5.41) is 0. The van der Waals surface area contributed by atoms with Gasteiger partial charge in [-0.3, -0.25) is 0 Å². The molecule has 0 fully saturated rings. The minimum absolute atomic E-state index is 0.390. The van der Waals surface area contributed by atoms with Crippen molar-refractivity contribution in [2.24, 2.45) is 5.73 Å². The summed E-state index contributed by atoms with van der Waals surface area (Å²) in [6.45, 7) is 3.97. The first-order valence-corrected chi connectivity index (χ1v) is 5.55. The molecule has 0 saturated heterocycles. The Hall–Kier alpha value is -1.35. The molecule has 0 aliphatic carbocycles. The molecule has 1 atom stereocenters. The first-order chi connectivity index (χ1) is 7.58. The Morgan fingerprint density at radius 3 is 2.25 bits per heavy atom. The number of esters is 1. The molecular weight excluding hydrogens is 202 g/mol. The number of hydrogen-bond donors (Lipinski definition) is 1. The van der Waals surface area contributed by atoms with Crippen LogP contribution in [0.25, 0.3) is 0 Å². The second-order valence-corrected chi connectivity index (χ2v) is 3.87. The first kappa shape index (κ1) is 12.7. The van der Waals surface area contributed by atoms with E-state index in [1.165, 1.54) is 12.7 Å². The van der Waals surface area contributed by atoms with Crippen LogP contribution in [0.4, 0.5) is 0 Å². The van der Waals surface area contributed by atoms with E-state index >= 15 is 0 Å². The molecule has 1 aromatic rings. The summed E-state index contributed by atoms with van der Waals surface area (Å²) in [6, 6.07) is 7.80. The summed E-state index contributed by atoms with van der Waals surface area (Å²) in [5.41, 5.74) is 7.10. The summed E-state index contributed by atoms with van der Waals surface area (Å²) >= 11 is 0. The molecule has 3 nitrogen and oxygen atoms in total. The van der Waals surface area contributed by atoms with E-state index in [2.05, 4.69) is 6.92 Å². The standard InChI is InChI=1S/C13H19NO2/c1-4-10-6-8-11(9-7-10)13(14,5-2)12(15)16-3/h6-9H,4-5,14H2,1-3H3/t13-/m1/s1. The molecule has 0 aromatic heterocycles. The Labute approximate surface area is 96.6 Å². The molecule has 0 aliphatic rings. The van der Waals surface area contributed by atoms with Gasteiger partial charge >= 0.3 is 5.97 Å². The van der Waals surface area contributed by atoms with Crippen LogP contribution >= 0.6 is 0 Å². The van der Waals surface area contributed by atoms with Crippen molar-refractivity contribution in [3.05, 3.63) is 35.4 Å². The number of carbonyl (C=O) groups is 1. The van der Waals surface area contributed by atoms with Gasteiger partial charge in [-0.1, -0.05) is 38.1 Å². The number of benzene rings is 1. The Balaban J connectivity index is 3.07. The van der Waals surface area contributed by atoms with Crippen LogP contribution in [0.1, 0.15) is 31.4 Å². The Morgan fingerprint density at radius 1 is 1.31 bits per heavy atom. The second-order valence-electron chi connectivity index (χ2n) is 3.87. The summed E-state index contributed by atoms with van der Waals surface area (Å²) in [5.74, 6) is -0.390. The lowest BCUT2D eigenvalue weighted by Gasteiger charge is -2.25. The van der Waals surface area contributed by atoms with Gasteiger partial charge in [-0.05, 0) is 24.0 Å². The fourth-order valence-electron chi connectivity index (χ4n) is 1.69. The molecule has 0 unspecified atom stereocenters. The van der Waals surface area contributed by atoms with E-state index in [9.17, 15) is 4.79 Å². The largest absolute Gasteiger partial charge is 0.467 e. The van der Waals surface area contributed by atoms with E-state index in [4.69, 9.17) is 10.5 Å². The van der Waals surface area contributed by atoms with Crippen molar-refractivity contribution < 1.29 is 9.53 Å². The molecule has 0 radical (unpaired) electrons. The molecule has 3 heteroatoms. The van der Waals surface area contributed by atoms with Crippen molar-refractivity contribution in [3.8, 4) is 0 Å². The molecule has 0 heterocycles. The number of nitrogens with two attached hydrogens (primary N) is 1. The first-order valence-electron chi connectivity index (χ1n) is 5.55. The molecule has 0 amide bonds. The molecule has 0 bridgehead atoms. The van der Waals surface area contributed by atoms with Crippen LogP contribution in [0.15, 0.2) is 24.3 Å². The number of ether oxygens (including phenoxy) is 1. The highest BCUT2D eigenvalue weighted by Gasteiger charge is 2.35. The zero-order valence-electron chi connectivity index (χ0n) is 10.1. The van der Waals surface area contributed by atoms with Gasteiger partial charge in [-0.2, -0.15) is 0 Å². The van der Waals surface area contributed by atoms with Gasteiger partial charge in [0.15, 0.2) is 0 Å². The van der Waals surface area contributed by atoms with Gasteiger partial charge in [-0.15, -0.1) is 0 Å². The van der Waals surface area contributed by atoms with E-state index in [0.29, 0.717) is 6.42 Å². The van der Waals surface area contributed by atoms with Crippen LogP contribution in [0, 0.1) is 0 Å². The highest BCUT2D eigenvalue weighted by molar-refractivity contribution is 5.82. The maximum Gasteiger partial charge on any atom is 0.330 e. The summed E-state index contributed by atoms with van der Waals surface area (Å²) in [7, 11) is 1.36. The maximum absolute atomic E-state index is 11.7. The predicted molar refractivity (Wildman–Crippen MR) is 64.0 cm³/mol. The average molecular weight is 221 g/mol. The molecule has 2 N–H and O–H groups in total. The number of aryl methyl sites for hydroxylation is 1. The topological polar surface area (TPSA) is 52.3 Å². The van der Waals surface area contributed by atoms with Crippen LogP contribution in [-0.2, 0) is 21.5 Å². The minimum atomic E-state index is -1.03. The molecular formula is C13H19NO2. The lowest BCUT2D eigenvalue weighted by Crippen LogP contribution is -2.45. The highest BCUT2D eigenvalue weighted by Crippen LogP contribution is 2.24. The smallest absolute Gasteiger partial charge is 0.330 e. The van der Waals surface area contributed by atoms with E-state index < -0.39 is 5.54 Å². The third kappa shape index (κ3) is 2.25. The van der Waals surface area contributed by atoms with Crippen molar-refractivity contribution in [1.82, 2.24) is 0 Å². The van der Waals surface area contributed by atoms with Gasteiger partial charge < -0.3 is 10.5 Å². The number of hydrogen-bond acceptors (Lipinski definition) is 3.